The molecule has 0 unspecified atom stereocenters. The van der Waals surface area contributed by atoms with Gasteiger partial charge in [-0.1, -0.05) is 5.11 Å². The van der Waals surface area contributed by atoms with Crippen molar-refractivity contribution in [2.45, 2.75) is 13.3 Å². The van der Waals surface area contributed by atoms with Gasteiger partial charge < -0.3 is 19.8 Å². The Morgan fingerprint density at radius 2 is 1.92 bits per heavy atom. The number of aromatic nitrogens is 1. The molecule has 0 aliphatic carbocycles. The van der Waals surface area contributed by atoms with Crippen molar-refractivity contribution in [1.82, 2.24) is 4.73 Å². The van der Waals surface area contributed by atoms with Gasteiger partial charge in [0.2, 0.25) is 11.8 Å². The molecule has 0 amide bonds. The van der Waals surface area contributed by atoms with Gasteiger partial charge in [-0.05, 0) is 37.1 Å². The molecule has 0 saturated carbocycles. The number of Topliss-reactive ketones (excluding diaryl/α,β-unsaturated/α-hetero) is 1. The van der Waals surface area contributed by atoms with Crippen LogP contribution in [0.4, 0.5) is 0 Å². The smallest absolute Gasteiger partial charge is 0.367 e. The predicted octanol–water partition coefficient (Wildman–Crippen LogP) is 2.45. The maximum absolute atomic E-state index is 12.4. The highest BCUT2D eigenvalue weighted by molar-refractivity contribution is 5.99. The third kappa shape index (κ3) is 4.46. The van der Waals surface area contributed by atoms with Crippen LogP contribution in [0.5, 0.6) is 17.5 Å². The average Bonchev–Trinajstić information content (AvgIpc) is 2.93. The third-order valence-electron chi connectivity index (χ3n) is 3.30. The fraction of sp³-hybridized carbons (Fsp3) is 0.250. The first-order chi connectivity index (χ1) is 12.4. The van der Waals surface area contributed by atoms with Crippen molar-refractivity contribution in [2.75, 3.05) is 13.2 Å². The van der Waals surface area contributed by atoms with Crippen molar-refractivity contribution in [3.8, 4) is 17.5 Å². The number of ketones is 1. The highest BCUT2D eigenvalue weighted by Crippen LogP contribution is 2.24. The van der Waals surface area contributed by atoms with Gasteiger partial charge in [0.1, 0.15) is 11.3 Å². The van der Waals surface area contributed by atoms with E-state index in [4.69, 9.17) is 15.1 Å². The Balaban J connectivity index is 2.24. The molecule has 0 aliphatic heterocycles. The van der Waals surface area contributed by atoms with Crippen LogP contribution < -0.4 is 9.57 Å². The van der Waals surface area contributed by atoms with Crippen LogP contribution in [0.15, 0.2) is 35.4 Å². The van der Waals surface area contributed by atoms with E-state index in [0.717, 1.165) is 12.1 Å². The summed E-state index contributed by atoms with van der Waals surface area (Å²) in [5.41, 5.74) is 8.43. The van der Waals surface area contributed by atoms with Crippen molar-refractivity contribution in [3.05, 3.63) is 51.9 Å². The van der Waals surface area contributed by atoms with Crippen molar-refractivity contribution in [1.29, 1.82) is 0 Å². The SMILES string of the molecule is CC(=O)c1ccc(OCCCN=[N+]=[N-])c(C(=O)On2c(O)ccc2O)c1. The van der Waals surface area contributed by atoms with Gasteiger partial charge in [-0.25, -0.2) is 4.79 Å². The summed E-state index contributed by atoms with van der Waals surface area (Å²) in [4.78, 5) is 31.6. The fourth-order valence-corrected chi connectivity index (χ4v) is 2.02. The third-order valence-corrected chi connectivity index (χ3v) is 3.30. The maximum Gasteiger partial charge on any atom is 0.367 e. The highest BCUT2D eigenvalue weighted by Gasteiger charge is 2.20. The van der Waals surface area contributed by atoms with Crippen LogP contribution in [0, 0.1) is 0 Å². The first-order valence-corrected chi connectivity index (χ1v) is 7.55. The molecule has 0 bridgehead atoms. The summed E-state index contributed by atoms with van der Waals surface area (Å²) in [6.07, 6.45) is 0.423. The minimum atomic E-state index is -0.944. The minimum Gasteiger partial charge on any atom is -0.493 e. The van der Waals surface area contributed by atoms with Gasteiger partial charge in [0, 0.05) is 29.2 Å². The molecule has 2 N–H and O–H groups in total. The second kappa shape index (κ2) is 8.45. The van der Waals surface area contributed by atoms with Crippen LogP contribution in [0.2, 0.25) is 0 Å². The summed E-state index contributed by atoms with van der Waals surface area (Å²) in [7, 11) is 0. The zero-order valence-corrected chi connectivity index (χ0v) is 13.8. The summed E-state index contributed by atoms with van der Waals surface area (Å²) < 4.78 is 6.03. The van der Waals surface area contributed by atoms with E-state index in [-0.39, 0.29) is 35.8 Å². The average molecular weight is 360 g/mol. The van der Waals surface area contributed by atoms with Crippen molar-refractivity contribution in [3.63, 3.8) is 0 Å². The quantitative estimate of drug-likeness (QED) is 0.243. The van der Waals surface area contributed by atoms with E-state index < -0.39 is 17.7 Å². The Kier molecular flexibility index (Phi) is 6.07. The molecule has 0 aliphatic rings. The van der Waals surface area contributed by atoms with E-state index in [1.807, 2.05) is 0 Å². The largest absolute Gasteiger partial charge is 0.493 e. The first kappa shape index (κ1) is 18.7. The molecule has 10 nitrogen and oxygen atoms in total. The highest BCUT2D eigenvalue weighted by atomic mass is 16.7. The van der Waals surface area contributed by atoms with Gasteiger partial charge in [-0.15, -0.1) is 4.73 Å². The molecule has 0 spiro atoms. The maximum atomic E-state index is 12.4. The molecule has 0 radical (unpaired) electrons. The lowest BCUT2D eigenvalue weighted by Crippen LogP contribution is -2.20. The topological polar surface area (TPSA) is 147 Å². The van der Waals surface area contributed by atoms with Crippen LogP contribution in [0.1, 0.15) is 34.1 Å². The van der Waals surface area contributed by atoms with Crippen molar-refractivity contribution >= 4 is 11.8 Å². The Hall–Kier alpha value is -3.65. The Bertz CT molecular complexity index is 850. The number of benzene rings is 1. The number of ether oxygens (including phenoxy) is 1. The standard InChI is InChI=1S/C16H16N4O6/c1-10(21)11-3-4-13(25-8-2-7-18-19-17)12(9-11)16(24)26-20-14(22)5-6-15(20)23/h3-6,9,22-23H,2,7-8H2,1H3. The molecule has 26 heavy (non-hydrogen) atoms. The fourth-order valence-electron chi connectivity index (χ4n) is 2.02. The van der Waals surface area contributed by atoms with Gasteiger partial charge in [-0.2, -0.15) is 0 Å². The van der Waals surface area contributed by atoms with E-state index in [1.54, 1.807) is 0 Å². The minimum absolute atomic E-state index is 0.0611. The molecule has 2 rings (SSSR count). The van der Waals surface area contributed by atoms with E-state index >= 15 is 0 Å². The molecule has 0 atom stereocenters. The Labute approximate surface area is 147 Å². The van der Waals surface area contributed by atoms with E-state index in [0.29, 0.717) is 11.2 Å². The molecule has 1 heterocycles. The van der Waals surface area contributed by atoms with E-state index in [1.165, 1.54) is 25.1 Å². The summed E-state index contributed by atoms with van der Waals surface area (Å²) in [6, 6.07) is 6.51. The molecule has 1 aromatic heterocycles. The zero-order chi connectivity index (χ0) is 19.1. The molecule has 10 heteroatoms. The molecule has 0 fully saturated rings. The van der Waals surface area contributed by atoms with E-state index in [2.05, 4.69) is 10.0 Å². The normalized spacial score (nSPS) is 10.0. The van der Waals surface area contributed by atoms with Gasteiger partial charge in [0.05, 0.1) is 6.61 Å². The first-order valence-electron chi connectivity index (χ1n) is 7.55. The number of rotatable bonds is 8. The van der Waals surface area contributed by atoms with Crippen LogP contribution in [0.25, 0.3) is 10.4 Å². The zero-order valence-electron chi connectivity index (χ0n) is 13.8. The van der Waals surface area contributed by atoms with Gasteiger partial charge in [-0.3, -0.25) is 4.79 Å². The molecule has 0 saturated heterocycles. The number of hydrogen-bond donors (Lipinski definition) is 2. The lowest BCUT2D eigenvalue weighted by Gasteiger charge is -2.12. The number of azide groups is 1. The van der Waals surface area contributed by atoms with Crippen LogP contribution in [0.3, 0.4) is 0 Å². The summed E-state index contributed by atoms with van der Waals surface area (Å²) in [5.74, 6) is -2.02. The predicted molar refractivity (Wildman–Crippen MR) is 89.2 cm³/mol. The number of carbonyl (C=O) groups is 2. The van der Waals surface area contributed by atoms with Gasteiger partial charge >= 0.3 is 5.97 Å². The lowest BCUT2D eigenvalue weighted by molar-refractivity contribution is 0.0377. The van der Waals surface area contributed by atoms with Crippen LogP contribution >= 0.6 is 0 Å². The number of hydrogen-bond acceptors (Lipinski definition) is 7. The number of carbonyl (C=O) groups excluding carboxylic acids is 2. The monoisotopic (exact) mass is 360 g/mol. The second-order valence-corrected chi connectivity index (χ2v) is 5.15. The summed E-state index contributed by atoms with van der Waals surface area (Å²) in [6.45, 7) is 1.74. The summed E-state index contributed by atoms with van der Waals surface area (Å²) >= 11 is 0. The Morgan fingerprint density at radius 3 is 2.54 bits per heavy atom. The molecule has 2 aromatic rings. The Morgan fingerprint density at radius 1 is 1.23 bits per heavy atom. The summed E-state index contributed by atoms with van der Waals surface area (Å²) in [5, 5.41) is 22.5. The van der Waals surface area contributed by atoms with Crippen molar-refractivity contribution < 1.29 is 29.4 Å². The molecule has 1 aromatic carbocycles. The molecule has 136 valence electrons. The van der Waals surface area contributed by atoms with E-state index in [9.17, 15) is 19.8 Å². The number of aromatic hydroxyl groups is 2. The second-order valence-electron chi connectivity index (χ2n) is 5.15. The van der Waals surface area contributed by atoms with Crippen LogP contribution in [-0.2, 0) is 0 Å². The lowest BCUT2D eigenvalue weighted by atomic mass is 10.1. The van der Waals surface area contributed by atoms with Crippen LogP contribution in [-0.4, -0.2) is 39.8 Å². The van der Waals surface area contributed by atoms with Gasteiger partial charge in [0.25, 0.3) is 0 Å². The van der Waals surface area contributed by atoms with Crippen molar-refractivity contribution in [2.24, 2.45) is 5.11 Å². The number of nitrogens with zero attached hydrogens (tertiary/aromatic N) is 4. The van der Waals surface area contributed by atoms with Gasteiger partial charge in [0.15, 0.2) is 5.78 Å². The molecular weight excluding hydrogens is 344 g/mol. The molecular formula is C16H16N4O6.